The molecule has 0 atom stereocenters. The molecule has 0 N–H and O–H groups in total. The zero-order chi connectivity index (χ0) is 12.1. The minimum atomic E-state index is -0.232. The van der Waals surface area contributed by atoms with Gasteiger partial charge in [0.25, 0.3) is 0 Å². The van der Waals surface area contributed by atoms with Crippen molar-refractivity contribution in [2.24, 2.45) is 0 Å². The average Bonchev–Trinajstić information content (AvgIpc) is 2.41. The van der Waals surface area contributed by atoms with Gasteiger partial charge in [0.15, 0.2) is 0 Å². The third kappa shape index (κ3) is 3.43. The summed E-state index contributed by atoms with van der Waals surface area (Å²) < 4.78 is 0. The van der Waals surface area contributed by atoms with Gasteiger partial charge in [0, 0.05) is 0 Å². The summed E-state index contributed by atoms with van der Waals surface area (Å²) in [6, 6.07) is 20.8. The fourth-order valence-electron chi connectivity index (χ4n) is 2.16. The molecule has 0 amide bonds. The van der Waals surface area contributed by atoms with Crippen molar-refractivity contribution >= 4 is 0 Å². The Kier molecular flexibility index (Phi) is 6.54. The second-order valence-electron chi connectivity index (χ2n) is 4.31. The van der Waals surface area contributed by atoms with Gasteiger partial charge in [-0.05, 0) is 6.42 Å². The third-order valence-electron chi connectivity index (χ3n) is 3.15. The van der Waals surface area contributed by atoms with Gasteiger partial charge in [0.05, 0.1) is 0 Å². The molecule has 0 aromatic heterocycles. The maximum Gasteiger partial charge on any atom is 1.00 e. The summed E-state index contributed by atoms with van der Waals surface area (Å²) in [6.45, 7) is 8.29. The molecule has 0 aliphatic carbocycles. The van der Waals surface area contributed by atoms with Gasteiger partial charge in [-0.25, -0.2) is 0 Å². The van der Waals surface area contributed by atoms with E-state index in [0.29, 0.717) is 0 Å². The predicted octanol–water partition coefficient (Wildman–Crippen LogP) is 1.39. The quantitative estimate of drug-likeness (QED) is 0.443. The van der Waals surface area contributed by atoms with Gasteiger partial charge in [0.1, 0.15) is 0 Å². The summed E-state index contributed by atoms with van der Waals surface area (Å²) in [6.07, 6.45) is 2.77. The molecule has 0 fully saturated rings. The summed E-state index contributed by atoms with van der Waals surface area (Å²) in [4.78, 5) is 0. The number of allylic oxidation sites excluding steroid dienone is 1. The molecule has 2 rings (SSSR count). The van der Waals surface area contributed by atoms with Crippen LogP contribution in [0, 0.1) is 6.92 Å². The summed E-state index contributed by atoms with van der Waals surface area (Å²) in [5.74, 6) is 0. The van der Waals surface area contributed by atoms with Crippen LogP contribution >= 0.6 is 0 Å². The zero-order valence-electron chi connectivity index (χ0n) is 11.0. The van der Waals surface area contributed by atoms with Gasteiger partial charge < -0.3 is 6.92 Å². The summed E-state index contributed by atoms with van der Waals surface area (Å²) in [7, 11) is 0. The van der Waals surface area contributed by atoms with Gasteiger partial charge in [-0.15, -0.1) is 12.0 Å². The Labute approximate surface area is 153 Å². The molecule has 0 heterocycles. The number of rotatable bonds is 4. The van der Waals surface area contributed by atoms with Gasteiger partial charge in [-0.2, -0.15) is 0 Å². The molecule has 2 aromatic carbocycles. The van der Waals surface area contributed by atoms with Crippen molar-refractivity contribution in [1.29, 1.82) is 0 Å². The molecular formula is C17H17K. The van der Waals surface area contributed by atoms with Crippen LogP contribution in [0.1, 0.15) is 17.5 Å². The van der Waals surface area contributed by atoms with Crippen molar-refractivity contribution in [3.05, 3.63) is 91.4 Å². The molecule has 0 bridgehead atoms. The molecule has 18 heavy (non-hydrogen) atoms. The second kappa shape index (κ2) is 7.42. The normalized spacial score (nSPS) is 10.5. The minimum absolute atomic E-state index is 0. The molecule has 0 unspecified atom stereocenters. The van der Waals surface area contributed by atoms with Crippen LogP contribution in [0.15, 0.2) is 73.3 Å². The van der Waals surface area contributed by atoms with Gasteiger partial charge >= 0.3 is 51.4 Å². The van der Waals surface area contributed by atoms with Crippen LogP contribution in [-0.4, -0.2) is 0 Å². The molecule has 0 radical (unpaired) electrons. The molecule has 0 saturated heterocycles. The van der Waals surface area contributed by atoms with E-state index in [9.17, 15) is 0 Å². The van der Waals surface area contributed by atoms with E-state index in [1.165, 1.54) is 11.1 Å². The largest absolute Gasteiger partial charge is 1.00 e. The van der Waals surface area contributed by atoms with Crippen molar-refractivity contribution in [2.45, 2.75) is 11.8 Å². The van der Waals surface area contributed by atoms with Crippen molar-refractivity contribution in [2.75, 3.05) is 0 Å². The molecule has 0 nitrogen and oxygen atoms in total. The van der Waals surface area contributed by atoms with Crippen molar-refractivity contribution in [1.82, 2.24) is 0 Å². The monoisotopic (exact) mass is 260 g/mol. The van der Waals surface area contributed by atoms with E-state index in [0.717, 1.165) is 6.42 Å². The van der Waals surface area contributed by atoms with E-state index in [4.69, 9.17) is 0 Å². The molecule has 0 aliphatic heterocycles. The summed E-state index contributed by atoms with van der Waals surface area (Å²) in [5, 5.41) is 0. The number of hydrogen-bond donors (Lipinski definition) is 0. The van der Waals surface area contributed by atoms with E-state index >= 15 is 0 Å². The zero-order valence-corrected chi connectivity index (χ0v) is 14.1. The predicted molar refractivity (Wildman–Crippen MR) is 73.8 cm³/mol. The molecule has 0 aliphatic rings. The van der Waals surface area contributed by atoms with Gasteiger partial charge in [-0.1, -0.05) is 77.9 Å². The maximum atomic E-state index is 4.43. The fraction of sp³-hybridized carbons (Fsp3) is 0.118. The van der Waals surface area contributed by atoms with Crippen LogP contribution in [-0.2, 0) is 5.41 Å². The van der Waals surface area contributed by atoms with E-state index in [1.807, 2.05) is 18.2 Å². The SMILES string of the molecule is C=CCC([CH2-])(c1ccccc1)c1ccccc1.[K+]. The van der Waals surface area contributed by atoms with Crippen molar-refractivity contribution < 1.29 is 51.4 Å². The minimum Gasteiger partial charge on any atom is -0.328 e. The fourth-order valence-corrected chi connectivity index (χ4v) is 2.16. The first-order valence-corrected chi connectivity index (χ1v) is 5.84. The van der Waals surface area contributed by atoms with Crippen LogP contribution < -0.4 is 51.4 Å². The topological polar surface area (TPSA) is 0 Å². The Morgan fingerprint density at radius 1 is 0.889 bits per heavy atom. The molecule has 1 heteroatoms. The van der Waals surface area contributed by atoms with Crippen LogP contribution in [0.4, 0.5) is 0 Å². The summed E-state index contributed by atoms with van der Waals surface area (Å²) in [5.41, 5.74) is 2.22. The smallest absolute Gasteiger partial charge is 0.328 e. The van der Waals surface area contributed by atoms with Gasteiger partial charge in [0.2, 0.25) is 0 Å². The van der Waals surface area contributed by atoms with E-state index < -0.39 is 0 Å². The Bertz CT molecular complexity index is 434. The first-order valence-electron chi connectivity index (χ1n) is 5.84. The Hall–Kier alpha value is -0.184. The van der Waals surface area contributed by atoms with Crippen LogP contribution in [0.2, 0.25) is 0 Å². The Morgan fingerprint density at radius 3 is 1.61 bits per heavy atom. The average molecular weight is 260 g/mol. The van der Waals surface area contributed by atoms with Crippen LogP contribution in [0.5, 0.6) is 0 Å². The summed E-state index contributed by atoms with van der Waals surface area (Å²) >= 11 is 0. The van der Waals surface area contributed by atoms with Crippen molar-refractivity contribution in [3.8, 4) is 0 Å². The van der Waals surface area contributed by atoms with Gasteiger partial charge in [-0.3, -0.25) is 0 Å². The number of benzene rings is 2. The number of hydrogen-bond acceptors (Lipinski definition) is 0. The van der Waals surface area contributed by atoms with E-state index in [-0.39, 0.29) is 56.8 Å². The molecule has 0 saturated carbocycles. The first kappa shape index (κ1) is 15.9. The second-order valence-corrected chi connectivity index (χ2v) is 4.31. The molecular weight excluding hydrogens is 243 g/mol. The first-order chi connectivity index (χ1) is 8.27. The molecule has 86 valence electrons. The Balaban J connectivity index is 0.00000162. The maximum absolute atomic E-state index is 4.43. The van der Waals surface area contributed by atoms with Crippen LogP contribution in [0.25, 0.3) is 0 Å². The molecule has 0 spiro atoms. The standard InChI is InChI=1S/C17H17.K/c1-3-14-17(2,15-10-6-4-7-11-15)16-12-8-5-9-13-16;/h3-13H,1-2,14H2;/q-1;+1. The van der Waals surface area contributed by atoms with Crippen molar-refractivity contribution in [3.63, 3.8) is 0 Å². The Morgan fingerprint density at radius 2 is 1.28 bits per heavy atom. The van der Waals surface area contributed by atoms with E-state index in [1.54, 1.807) is 0 Å². The third-order valence-corrected chi connectivity index (χ3v) is 3.15. The van der Waals surface area contributed by atoms with Crippen LogP contribution in [0.3, 0.4) is 0 Å². The molecule has 2 aromatic rings. The van der Waals surface area contributed by atoms with E-state index in [2.05, 4.69) is 62.0 Å².